The van der Waals surface area contributed by atoms with Crippen molar-refractivity contribution in [3.8, 4) is 0 Å². The van der Waals surface area contributed by atoms with Crippen LogP contribution in [0, 0.1) is 0 Å². The Hall–Kier alpha value is -2.53. The molecule has 2 N–H and O–H groups in total. The van der Waals surface area contributed by atoms with Crippen molar-refractivity contribution in [2.24, 2.45) is 0 Å². The molecule has 1 aliphatic rings. The molecule has 4 rings (SSSR count). The fourth-order valence-corrected chi connectivity index (χ4v) is 3.41. The average molecular weight is 355 g/mol. The minimum absolute atomic E-state index is 0.0804. The fraction of sp³-hybridized carbons (Fsp3) is 0.263. The van der Waals surface area contributed by atoms with Gasteiger partial charge in [-0.05, 0) is 49.2 Å². The number of anilines is 1. The number of carbonyl (C=O) groups is 1. The molecule has 1 atom stereocenters. The molecule has 0 saturated carbocycles. The van der Waals surface area contributed by atoms with Crippen molar-refractivity contribution < 1.29 is 4.79 Å². The maximum atomic E-state index is 12.6. The quantitative estimate of drug-likeness (QED) is 0.705. The standard InChI is InChI=1S/C19H19ClN4O/c20-14-7-9-15(10-8-14)21-19(25)24-11-3-4-13(12-24)18-22-16-5-1-2-6-17(16)23-18/h1-2,5-10,13H,3-4,11-12H2,(H,21,25)(H,22,23). The molecule has 2 amide bonds. The van der Waals surface area contributed by atoms with E-state index in [1.54, 1.807) is 24.3 Å². The van der Waals surface area contributed by atoms with Crippen LogP contribution < -0.4 is 5.32 Å². The van der Waals surface area contributed by atoms with Crippen LogP contribution in [0.5, 0.6) is 0 Å². The Labute approximate surface area is 151 Å². The van der Waals surface area contributed by atoms with Crippen molar-refractivity contribution in [3.05, 3.63) is 59.4 Å². The SMILES string of the molecule is O=C(Nc1ccc(Cl)cc1)N1CCCC(c2nc3ccccc3[nH]2)C1. The summed E-state index contributed by atoms with van der Waals surface area (Å²) >= 11 is 5.88. The number of H-pyrrole nitrogens is 1. The Balaban J connectivity index is 1.46. The number of rotatable bonds is 2. The van der Waals surface area contributed by atoms with Gasteiger partial charge in [-0.1, -0.05) is 23.7 Å². The van der Waals surface area contributed by atoms with Gasteiger partial charge >= 0.3 is 6.03 Å². The highest BCUT2D eigenvalue weighted by Crippen LogP contribution is 2.27. The summed E-state index contributed by atoms with van der Waals surface area (Å²) in [6.07, 6.45) is 2.00. The maximum Gasteiger partial charge on any atom is 0.321 e. The van der Waals surface area contributed by atoms with Gasteiger partial charge in [-0.3, -0.25) is 0 Å². The first-order valence-electron chi connectivity index (χ1n) is 8.45. The molecule has 2 aromatic carbocycles. The van der Waals surface area contributed by atoms with Crippen LogP contribution in [0.2, 0.25) is 5.02 Å². The van der Waals surface area contributed by atoms with E-state index in [4.69, 9.17) is 16.6 Å². The van der Waals surface area contributed by atoms with E-state index in [0.717, 1.165) is 41.9 Å². The molecule has 6 heteroatoms. The number of hydrogen-bond acceptors (Lipinski definition) is 2. The summed E-state index contributed by atoms with van der Waals surface area (Å²) in [6, 6.07) is 15.1. The van der Waals surface area contributed by atoms with Crippen LogP contribution in [-0.4, -0.2) is 34.0 Å². The van der Waals surface area contributed by atoms with Crippen LogP contribution in [0.25, 0.3) is 11.0 Å². The van der Waals surface area contributed by atoms with E-state index in [2.05, 4.69) is 10.3 Å². The van der Waals surface area contributed by atoms with Gasteiger partial charge in [0.15, 0.2) is 0 Å². The number of fused-ring (bicyclic) bond motifs is 1. The number of benzene rings is 2. The molecule has 0 spiro atoms. The number of imidazole rings is 1. The van der Waals surface area contributed by atoms with Crippen LogP contribution in [-0.2, 0) is 0 Å². The van der Waals surface area contributed by atoms with Crippen LogP contribution in [0.1, 0.15) is 24.6 Å². The summed E-state index contributed by atoms with van der Waals surface area (Å²) in [4.78, 5) is 22.5. The first-order chi connectivity index (χ1) is 12.2. The van der Waals surface area contributed by atoms with E-state index in [9.17, 15) is 4.79 Å². The van der Waals surface area contributed by atoms with E-state index >= 15 is 0 Å². The Bertz CT molecular complexity index is 857. The third kappa shape index (κ3) is 3.46. The summed E-state index contributed by atoms with van der Waals surface area (Å²) in [5.41, 5.74) is 2.76. The van der Waals surface area contributed by atoms with Gasteiger partial charge in [0.2, 0.25) is 0 Å². The lowest BCUT2D eigenvalue weighted by Gasteiger charge is -2.31. The van der Waals surface area contributed by atoms with Crippen molar-refractivity contribution in [2.75, 3.05) is 18.4 Å². The summed E-state index contributed by atoms with van der Waals surface area (Å²) in [7, 11) is 0. The summed E-state index contributed by atoms with van der Waals surface area (Å²) in [6.45, 7) is 1.43. The largest absolute Gasteiger partial charge is 0.342 e. The summed E-state index contributed by atoms with van der Waals surface area (Å²) in [5, 5.41) is 3.59. The minimum atomic E-state index is -0.0804. The van der Waals surface area contributed by atoms with Gasteiger partial charge in [0.1, 0.15) is 5.82 Å². The molecule has 0 bridgehead atoms. The molecule has 128 valence electrons. The second kappa shape index (κ2) is 6.76. The zero-order chi connectivity index (χ0) is 17.2. The Morgan fingerprint density at radius 1 is 1.20 bits per heavy atom. The Kier molecular flexibility index (Phi) is 4.32. The van der Waals surface area contributed by atoms with Crippen molar-refractivity contribution in [1.82, 2.24) is 14.9 Å². The summed E-state index contributed by atoms with van der Waals surface area (Å²) < 4.78 is 0. The molecule has 1 aromatic heterocycles. The molecule has 2 heterocycles. The number of likely N-dealkylation sites (tertiary alicyclic amines) is 1. The molecule has 1 unspecified atom stereocenters. The maximum absolute atomic E-state index is 12.6. The van der Waals surface area contributed by atoms with Crippen molar-refractivity contribution in [1.29, 1.82) is 0 Å². The number of nitrogens with one attached hydrogen (secondary N) is 2. The molecule has 3 aromatic rings. The van der Waals surface area contributed by atoms with E-state index in [-0.39, 0.29) is 11.9 Å². The minimum Gasteiger partial charge on any atom is -0.342 e. The predicted octanol–water partition coefficient (Wildman–Crippen LogP) is 4.63. The smallest absolute Gasteiger partial charge is 0.321 e. The van der Waals surface area contributed by atoms with Crippen LogP contribution in [0.3, 0.4) is 0 Å². The number of hydrogen-bond donors (Lipinski definition) is 2. The van der Waals surface area contributed by atoms with Crippen LogP contribution >= 0.6 is 11.6 Å². The number of para-hydroxylation sites is 2. The Morgan fingerprint density at radius 2 is 2.00 bits per heavy atom. The van der Waals surface area contributed by atoms with Crippen molar-refractivity contribution in [2.45, 2.75) is 18.8 Å². The van der Waals surface area contributed by atoms with Gasteiger partial charge in [-0.15, -0.1) is 0 Å². The van der Waals surface area contributed by atoms with Crippen molar-refractivity contribution in [3.63, 3.8) is 0 Å². The van der Waals surface area contributed by atoms with Crippen molar-refractivity contribution >= 4 is 34.4 Å². The van der Waals surface area contributed by atoms with Gasteiger partial charge in [-0.2, -0.15) is 0 Å². The molecule has 1 aliphatic heterocycles. The lowest BCUT2D eigenvalue weighted by atomic mass is 9.97. The number of carbonyl (C=O) groups excluding carboxylic acids is 1. The van der Waals surface area contributed by atoms with E-state index < -0.39 is 0 Å². The van der Waals surface area contributed by atoms with Gasteiger partial charge in [0.05, 0.1) is 11.0 Å². The lowest BCUT2D eigenvalue weighted by Crippen LogP contribution is -2.41. The number of piperidine rings is 1. The predicted molar refractivity (Wildman–Crippen MR) is 100 cm³/mol. The molecular weight excluding hydrogens is 336 g/mol. The van der Waals surface area contributed by atoms with E-state index in [1.165, 1.54) is 0 Å². The molecule has 1 fully saturated rings. The number of aromatic amines is 1. The highest BCUT2D eigenvalue weighted by Gasteiger charge is 2.26. The average Bonchev–Trinajstić information content (AvgIpc) is 3.08. The molecule has 5 nitrogen and oxygen atoms in total. The first-order valence-corrected chi connectivity index (χ1v) is 8.83. The highest BCUT2D eigenvalue weighted by molar-refractivity contribution is 6.30. The third-order valence-corrected chi connectivity index (χ3v) is 4.85. The van der Waals surface area contributed by atoms with Gasteiger partial charge < -0.3 is 15.2 Å². The monoisotopic (exact) mass is 354 g/mol. The molecule has 25 heavy (non-hydrogen) atoms. The lowest BCUT2D eigenvalue weighted by molar-refractivity contribution is 0.191. The van der Waals surface area contributed by atoms with Gasteiger partial charge in [0, 0.05) is 29.7 Å². The van der Waals surface area contributed by atoms with E-state index in [1.807, 2.05) is 29.2 Å². The van der Waals surface area contributed by atoms with Gasteiger partial charge in [-0.25, -0.2) is 9.78 Å². The number of urea groups is 1. The number of aromatic nitrogens is 2. The highest BCUT2D eigenvalue weighted by atomic mass is 35.5. The molecule has 0 radical (unpaired) electrons. The summed E-state index contributed by atoms with van der Waals surface area (Å²) in [5.74, 6) is 1.20. The second-order valence-corrected chi connectivity index (χ2v) is 6.80. The molecular formula is C19H19ClN4O. The zero-order valence-corrected chi connectivity index (χ0v) is 14.5. The fourth-order valence-electron chi connectivity index (χ4n) is 3.29. The Morgan fingerprint density at radius 3 is 2.80 bits per heavy atom. The van der Waals surface area contributed by atoms with Crippen LogP contribution in [0.15, 0.2) is 48.5 Å². The number of amides is 2. The van der Waals surface area contributed by atoms with E-state index in [0.29, 0.717) is 11.6 Å². The first kappa shape index (κ1) is 16.0. The van der Waals surface area contributed by atoms with Gasteiger partial charge in [0.25, 0.3) is 0 Å². The normalized spacial score (nSPS) is 17.6. The number of nitrogens with zero attached hydrogens (tertiary/aromatic N) is 2. The number of halogens is 1. The molecule has 1 saturated heterocycles. The topological polar surface area (TPSA) is 61.0 Å². The van der Waals surface area contributed by atoms with Crippen LogP contribution in [0.4, 0.5) is 10.5 Å². The third-order valence-electron chi connectivity index (χ3n) is 4.60. The molecule has 0 aliphatic carbocycles. The zero-order valence-electron chi connectivity index (χ0n) is 13.7. The second-order valence-electron chi connectivity index (χ2n) is 6.36.